The first-order chi connectivity index (χ1) is 9.65. The molecule has 1 aliphatic rings. The van der Waals surface area contributed by atoms with E-state index in [2.05, 4.69) is 5.10 Å². The molecule has 2 N–H and O–H groups in total. The number of likely N-dealkylation sites (tertiary alicyclic amines) is 1. The average Bonchev–Trinajstić information content (AvgIpc) is 3.07. The molecule has 1 amide bonds. The third kappa shape index (κ3) is 2.43. The maximum Gasteiger partial charge on any atom is 0.254 e. The maximum atomic E-state index is 12.4. The van der Waals surface area contributed by atoms with Crippen molar-refractivity contribution in [2.24, 2.45) is 0 Å². The fourth-order valence-corrected chi connectivity index (χ4v) is 3.46. The van der Waals surface area contributed by atoms with Gasteiger partial charge in [-0.2, -0.15) is 16.4 Å². The Morgan fingerprint density at radius 3 is 2.70 bits per heavy atom. The van der Waals surface area contributed by atoms with E-state index in [1.807, 2.05) is 39.5 Å². The van der Waals surface area contributed by atoms with Crippen molar-refractivity contribution < 1.29 is 4.79 Å². The van der Waals surface area contributed by atoms with E-state index in [0.29, 0.717) is 11.9 Å². The summed E-state index contributed by atoms with van der Waals surface area (Å²) in [7, 11) is 0. The van der Waals surface area contributed by atoms with Crippen LogP contribution in [0.1, 0.15) is 34.8 Å². The van der Waals surface area contributed by atoms with E-state index in [1.54, 1.807) is 11.3 Å². The van der Waals surface area contributed by atoms with Crippen molar-refractivity contribution in [2.75, 3.05) is 18.8 Å². The van der Waals surface area contributed by atoms with E-state index in [0.717, 1.165) is 37.1 Å². The van der Waals surface area contributed by atoms with Crippen LogP contribution < -0.4 is 5.73 Å². The molecule has 0 atom stereocenters. The fourth-order valence-electron chi connectivity index (χ4n) is 2.64. The molecule has 5 nitrogen and oxygen atoms in total. The summed E-state index contributed by atoms with van der Waals surface area (Å²) in [5.41, 5.74) is 7.56. The molecule has 1 saturated heterocycles. The molecule has 0 unspecified atom stereocenters. The van der Waals surface area contributed by atoms with Gasteiger partial charge in [0.05, 0.1) is 11.6 Å². The summed E-state index contributed by atoms with van der Waals surface area (Å²) in [6, 6.07) is 2.16. The van der Waals surface area contributed by atoms with Crippen LogP contribution in [0.25, 0.3) is 0 Å². The average molecular weight is 290 g/mol. The molecule has 2 aromatic heterocycles. The highest BCUT2D eigenvalue weighted by Gasteiger charge is 2.25. The van der Waals surface area contributed by atoms with Gasteiger partial charge in [-0.05, 0) is 36.8 Å². The number of carbonyl (C=O) groups excluding carboxylic acids is 1. The maximum absolute atomic E-state index is 12.4. The van der Waals surface area contributed by atoms with Gasteiger partial charge in [0.1, 0.15) is 5.82 Å². The Morgan fingerprint density at radius 1 is 1.40 bits per heavy atom. The lowest BCUT2D eigenvalue weighted by Crippen LogP contribution is -2.39. The summed E-state index contributed by atoms with van der Waals surface area (Å²) in [6.07, 6.45) is 3.77. The zero-order valence-corrected chi connectivity index (χ0v) is 12.3. The highest BCUT2D eigenvalue weighted by Crippen LogP contribution is 2.24. The van der Waals surface area contributed by atoms with Crippen LogP contribution in [0.2, 0.25) is 0 Å². The third-order valence-electron chi connectivity index (χ3n) is 3.84. The zero-order chi connectivity index (χ0) is 14.1. The number of nitrogens with zero attached hydrogens (tertiary/aromatic N) is 3. The van der Waals surface area contributed by atoms with Gasteiger partial charge in [-0.25, -0.2) is 0 Å². The van der Waals surface area contributed by atoms with E-state index in [4.69, 9.17) is 5.73 Å². The number of hydrogen-bond acceptors (Lipinski definition) is 4. The molecule has 3 rings (SSSR count). The van der Waals surface area contributed by atoms with Crippen molar-refractivity contribution in [3.8, 4) is 0 Å². The number of nitrogen functional groups attached to an aromatic ring is 1. The third-order valence-corrected chi connectivity index (χ3v) is 4.70. The minimum absolute atomic E-state index is 0.155. The van der Waals surface area contributed by atoms with Crippen molar-refractivity contribution in [2.45, 2.75) is 25.8 Å². The number of thiophene rings is 1. The van der Waals surface area contributed by atoms with Gasteiger partial charge in [0.2, 0.25) is 0 Å². The van der Waals surface area contributed by atoms with Crippen LogP contribution in [0.5, 0.6) is 0 Å². The Balaban J connectivity index is 1.64. The summed E-state index contributed by atoms with van der Waals surface area (Å²) in [4.78, 5) is 14.4. The standard InChI is InChI=1S/C14H18N4OS/c1-10-8-20-9-12(10)14(19)17-5-2-11(3-6-17)18-7-4-13(15)16-18/h4,7-9,11H,2-3,5-6H2,1H3,(H2,15,16). The van der Waals surface area contributed by atoms with Gasteiger partial charge in [0, 0.05) is 24.7 Å². The molecule has 1 fully saturated rings. The molecule has 0 bridgehead atoms. The Labute approximate surface area is 122 Å². The first kappa shape index (κ1) is 13.2. The Bertz CT molecular complexity index is 610. The number of anilines is 1. The smallest absolute Gasteiger partial charge is 0.254 e. The molecule has 0 spiro atoms. The normalized spacial score (nSPS) is 16.6. The molecule has 0 aliphatic carbocycles. The van der Waals surface area contributed by atoms with Crippen LogP contribution in [0.3, 0.4) is 0 Å². The summed E-state index contributed by atoms with van der Waals surface area (Å²) in [5.74, 6) is 0.708. The van der Waals surface area contributed by atoms with E-state index >= 15 is 0 Å². The van der Waals surface area contributed by atoms with Crippen LogP contribution in [0, 0.1) is 6.92 Å². The van der Waals surface area contributed by atoms with Gasteiger partial charge in [0.25, 0.3) is 5.91 Å². The number of nitrogens with two attached hydrogens (primary N) is 1. The van der Waals surface area contributed by atoms with Crippen LogP contribution in [0.15, 0.2) is 23.0 Å². The summed E-state index contributed by atoms with van der Waals surface area (Å²) in [5, 5.41) is 8.22. The zero-order valence-electron chi connectivity index (χ0n) is 11.5. The predicted octanol–water partition coefficient (Wildman–Crippen LogP) is 2.31. The molecular weight excluding hydrogens is 272 g/mol. The number of aryl methyl sites for hydroxylation is 1. The quantitative estimate of drug-likeness (QED) is 0.923. The summed E-state index contributed by atoms with van der Waals surface area (Å²) in [6.45, 7) is 3.54. The SMILES string of the molecule is Cc1cscc1C(=O)N1CCC(n2ccc(N)n2)CC1. The highest BCUT2D eigenvalue weighted by atomic mass is 32.1. The molecule has 106 valence electrons. The number of carbonyl (C=O) groups is 1. The topological polar surface area (TPSA) is 64.2 Å². The first-order valence-corrected chi connectivity index (χ1v) is 7.72. The minimum Gasteiger partial charge on any atom is -0.382 e. The molecule has 20 heavy (non-hydrogen) atoms. The summed E-state index contributed by atoms with van der Waals surface area (Å²) < 4.78 is 1.92. The van der Waals surface area contributed by atoms with Crippen LogP contribution in [-0.2, 0) is 0 Å². The molecule has 0 saturated carbocycles. The lowest BCUT2D eigenvalue weighted by Gasteiger charge is -2.32. The number of aromatic nitrogens is 2. The van der Waals surface area contributed by atoms with E-state index in [9.17, 15) is 4.79 Å². The van der Waals surface area contributed by atoms with Crippen molar-refractivity contribution >= 4 is 23.1 Å². The molecule has 0 radical (unpaired) electrons. The van der Waals surface area contributed by atoms with E-state index in [1.165, 1.54) is 0 Å². The fraction of sp³-hybridized carbons (Fsp3) is 0.429. The largest absolute Gasteiger partial charge is 0.382 e. The lowest BCUT2D eigenvalue weighted by molar-refractivity contribution is 0.0690. The number of hydrogen-bond donors (Lipinski definition) is 1. The van der Waals surface area contributed by atoms with Gasteiger partial charge in [-0.3, -0.25) is 9.48 Å². The lowest BCUT2D eigenvalue weighted by atomic mass is 10.0. The Hall–Kier alpha value is -1.82. The second kappa shape index (κ2) is 5.28. The second-order valence-electron chi connectivity index (χ2n) is 5.21. The van der Waals surface area contributed by atoms with Gasteiger partial charge in [-0.15, -0.1) is 0 Å². The number of piperidine rings is 1. The Morgan fingerprint density at radius 2 is 2.15 bits per heavy atom. The molecule has 1 aliphatic heterocycles. The van der Waals surface area contributed by atoms with Gasteiger partial charge in [-0.1, -0.05) is 0 Å². The molecular formula is C14H18N4OS. The molecule has 3 heterocycles. The van der Waals surface area contributed by atoms with Gasteiger partial charge >= 0.3 is 0 Å². The van der Waals surface area contributed by atoms with Crippen molar-refractivity contribution in [3.05, 3.63) is 34.2 Å². The van der Waals surface area contributed by atoms with Crippen LogP contribution in [-0.4, -0.2) is 33.7 Å². The monoisotopic (exact) mass is 290 g/mol. The number of rotatable bonds is 2. The molecule has 0 aromatic carbocycles. The van der Waals surface area contributed by atoms with Crippen LogP contribution in [0.4, 0.5) is 5.82 Å². The van der Waals surface area contributed by atoms with E-state index in [-0.39, 0.29) is 5.91 Å². The highest BCUT2D eigenvalue weighted by molar-refractivity contribution is 7.08. The second-order valence-corrected chi connectivity index (χ2v) is 5.96. The summed E-state index contributed by atoms with van der Waals surface area (Å²) >= 11 is 1.58. The molecule has 6 heteroatoms. The van der Waals surface area contributed by atoms with Crippen molar-refractivity contribution in [1.82, 2.24) is 14.7 Å². The van der Waals surface area contributed by atoms with E-state index < -0.39 is 0 Å². The van der Waals surface area contributed by atoms with Gasteiger partial charge < -0.3 is 10.6 Å². The van der Waals surface area contributed by atoms with Crippen molar-refractivity contribution in [1.29, 1.82) is 0 Å². The molecule has 2 aromatic rings. The van der Waals surface area contributed by atoms with Gasteiger partial charge in [0.15, 0.2) is 0 Å². The minimum atomic E-state index is 0.155. The first-order valence-electron chi connectivity index (χ1n) is 6.78. The van der Waals surface area contributed by atoms with Crippen LogP contribution >= 0.6 is 11.3 Å². The van der Waals surface area contributed by atoms with Crippen molar-refractivity contribution in [3.63, 3.8) is 0 Å². The number of amides is 1. The predicted molar refractivity (Wildman–Crippen MR) is 79.9 cm³/mol. The Kier molecular flexibility index (Phi) is 3.48.